The summed E-state index contributed by atoms with van der Waals surface area (Å²) in [7, 11) is 0. The predicted molar refractivity (Wildman–Crippen MR) is 73.7 cm³/mol. The van der Waals surface area contributed by atoms with E-state index in [2.05, 4.69) is 11.9 Å². The number of hydrogen-bond donors (Lipinski definition) is 1. The van der Waals surface area contributed by atoms with E-state index in [-0.39, 0.29) is 5.56 Å². The van der Waals surface area contributed by atoms with Crippen molar-refractivity contribution in [3.05, 3.63) is 65.0 Å². The van der Waals surface area contributed by atoms with Crippen LogP contribution in [0.2, 0.25) is 0 Å². The van der Waals surface area contributed by atoms with Gasteiger partial charge in [0, 0.05) is 23.9 Å². The predicted octanol–water partition coefficient (Wildman–Crippen LogP) is 3.86. The van der Waals surface area contributed by atoms with Crippen LogP contribution in [0.5, 0.6) is 0 Å². The quantitative estimate of drug-likeness (QED) is 0.900. The van der Waals surface area contributed by atoms with E-state index in [4.69, 9.17) is 0 Å². The SMILES string of the molecule is CCc1ccc(CC(O)c2ccc(C(F)F)cc2)nc1. The Morgan fingerprint density at radius 3 is 2.20 bits per heavy atom. The van der Waals surface area contributed by atoms with Crippen molar-refractivity contribution in [2.45, 2.75) is 32.3 Å². The lowest BCUT2D eigenvalue weighted by Crippen LogP contribution is -2.04. The zero-order valence-corrected chi connectivity index (χ0v) is 11.3. The minimum Gasteiger partial charge on any atom is -0.388 e. The summed E-state index contributed by atoms with van der Waals surface area (Å²) < 4.78 is 24.9. The van der Waals surface area contributed by atoms with E-state index >= 15 is 0 Å². The zero-order chi connectivity index (χ0) is 14.5. The first-order valence-electron chi connectivity index (χ1n) is 6.60. The largest absolute Gasteiger partial charge is 0.388 e. The first-order valence-corrected chi connectivity index (χ1v) is 6.60. The molecule has 2 rings (SSSR count). The number of aliphatic hydroxyl groups is 1. The number of benzene rings is 1. The Balaban J connectivity index is 2.04. The third kappa shape index (κ3) is 3.61. The summed E-state index contributed by atoms with van der Waals surface area (Å²) in [6.07, 6.45) is -0.128. The summed E-state index contributed by atoms with van der Waals surface area (Å²) in [6.45, 7) is 2.05. The molecule has 1 N–H and O–H groups in total. The number of alkyl halides is 2. The molecule has 1 heterocycles. The van der Waals surface area contributed by atoms with E-state index in [9.17, 15) is 13.9 Å². The lowest BCUT2D eigenvalue weighted by Gasteiger charge is -2.11. The van der Waals surface area contributed by atoms with Gasteiger partial charge in [0.25, 0.3) is 6.43 Å². The Kier molecular flexibility index (Phi) is 4.79. The molecule has 106 valence electrons. The molecule has 0 amide bonds. The van der Waals surface area contributed by atoms with Crippen molar-refractivity contribution in [1.29, 1.82) is 0 Å². The minimum atomic E-state index is -2.48. The molecule has 0 fully saturated rings. The summed E-state index contributed by atoms with van der Waals surface area (Å²) in [5.74, 6) is 0. The van der Waals surface area contributed by atoms with E-state index in [0.29, 0.717) is 12.0 Å². The second-order valence-electron chi connectivity index (χ2n) is 4.70. The van der Waals surface area contributed by atoms with Gasteiger partial charge in [-0.15, -0.1) is 0 Å². The van der Waals surface area contributed by atoms with E-state index in [0.717, 1.165) is 17.7 Å². The summed E-state index contributed by atoms with van der Waals surface area (Å²) in [5, 5.41) is 10.1. The fourth-order valence-electron chi connectivity index (χ4n) is 1.96. The molecule has 0 saturated heterocycles. The molecular weight excluding hydrogens is 260 g/mol. The van der Waals surface area contributed by atoms with Crippen LogP contribution in [0.3, 0.4) is 0 Å². The molecule has 0 aliphatic rings. The molecule has 1 aromatic heterocycles. The molecule has 20 heavy (non-hydrogen) atoms. The molecule has 2 aromatic rings. The Morgan fingerprint density at radius 1 is 1.05 bits per heavy atom. The molecule has 1 atom stereocenters. The van der Waals surface area contributed by atoms with Gasteiger partial charge in [0.2, 0.25) is 0 Å². The van der Waals surface area contributed by atoms with Gasteiger partial charge in [-0.3, -0.25) is 4.98 Å². The van der Waals surface area contributed by atoms with Crippen molar-refractivity contribution >= 4 is 0 Å². The molecule has 0 bridgehead atoms. The maximum atomic E-state index is 12.4. The summed E-state index contributed by atoms with van der Waals surface area (Å²) in [6, 6.07) is 9.62. The van der Waals surface area contributed by atoms with Crippen LogP contribution in [0.4, 0.5) is 8.78 Å². The van der Waals surface area contributed by atoms with Crippen LogP contribution in [0, 0.1) is 0 Å². The van der Waals surface area contributed by atoms with Gasteiger partial charge in [-0.1, -0.05) is 37.3 Å². The van der Waals surface area contributed by atoms with E-state index in [1.807, 2.05) is 12.1 Å². The second kappa shape index (κ2) is 6.57. The number of aliphatic hydroxyl groups excluding tert-OH is 1. The fraction of sp³-hybridized carbons (Fsp3) is 0.312. The van der Waals surface area contributed by atoms with Crippen molar-refractivity contribution in [1.82, 2.24) is 4.98 Å². The third-order valence-electron chi connectivity index (χ3n) is 3.27. The minimum absolute atomic E-state index is 0.0358. The molecule has 4 heteroatoms. The monoisotopic (exact) mass is 277 g/mol. The van der Waals surface area contributed by atoms with Gasteiger partial charge in [0.15, 0.2) is 0 Å². The molecule has 0 saturated carbocycles. The van der Waals surface area contributed by atoms with Crippen LogP contribution < -0.4 is 0 Å². The lowest BCUT2D eigenvalue weighted by molar-refractivity contribution is 0.151. The molecule has 0 aliphatic carbocycles. The van der Waals surface area contributed by atoms with Crippen LogP contribution >= 0.6 is 0 Å². The topological polar surface area (TPSA) is 33.1 Å². The average molecular weight is 277 g/mol. The molecule has 0 aliphatic heterocycles. The van der Waals surface area contributed by atoms with Crippen LogP contribution in [0.1, 0.15) is 41.8 Å². The highest BCUT2D eigenvalue weighted by molar-refractivity contribution is 5.26. The van der Waals surface area contributed by atoms with Crippen molar-refractivity contribution < 1.29 is 13.9 Å². The molecular formula is C16H17F2NO. The van der Waals surface area contributed by atoms with Gasteiger partial charge in [-0.2, -0.15) is 0 Å². The molecule has 1 unspecified atom stereocenters. The highest BCUT2D eigenvalue weighted by Gasteiger charge is 2.11. The molecule has 1 aromatic carbocycles. The number of nitrogens with zero attached hydrogens (tertiary/aromatic N) is 1. The number of aromatic nitrogens is 1. The van der Waals surface area contributed by atoms with E-state index < -0.39 is 12.5 Å². The summed E-state index contributed by atoms with van der Waals surface area (Å²) in [4.78, 5) is 4.28. The maximum Gasteiger partial charge on any atom is 0.263 e. The van der Waals surface area contributed by atoms with Crippen molar-refractivity contribution in [3.8, 4) is 0 Å². The number of rotatable bonds is 5. The third-order valence-corrected chi connectivity index (χ3v) is 3.27. The van der Waals surface area contributed by atoms with Gasteiger partial charge in [0.1, 0.15) is 0 Å². The average Bonchev–Trinajstić information content (AvgIpc) is 2.48. The Hall–Kier alpha value is -1.81. The number of pyridine rings is 1. The first-order chi connectivity index (χ1) is 9.60. The number of hydrogen-bond acceptors (Lipinski definition) is 2. The van der Waals surface area contributed by atoms with Crippen molar-refractivity contribution in [2.75, 3.05) is 0 Å². The highest BCUT2D eigenvalue weighted by Crippen LogP contribution is 2.22. The van der Waals surface area contributed by atoms with E-state index in [1.165, 1.54) is 24.3 Å². The standard InChI is InChI=1S/C16H17F2NO/c1-2-11-3-8-14(19-10-11)9-15(20)12-4-6-13(7-5-12)16(17)18/h3-8,10,15-16,20H,2,9H2,1H3. The normalized spacial score (nSPS) is 12.7. The molecule has 2 nitrogen and oxygen atoms in total. The van der Waals surface area contributed by atoms with Crippen LogP contribution in [-0.2, 0) is 12.8 Å². The summed E-state index contributed by atoms with van der Waals surface area (Å²) >= 11 is 0. The molecule has 0 spiro atoms. The number of halogens is 2. The van der Waals surface area contributed by atoms with Crippen molar-refractivity contribution in [2.24, 2.45) is 0 Å². The van der Waals surface area contributed by atoms with Crippen molar-refractivity contribution in [3.63, 3.8) is 0 Å². The van der Waals surface area contributed by atoms with Crippen LogP contribution in [-0.4, -0.2) is 10.1 Å². The first kappa shape index (κ1) is 14.6. The van der Waals surface area contributed by atoms with E-state index in [1.54, 1.807) is 6.20 Å². The van der Waals surface area contributed by atoms with Gasteiger partial charge in [0.05, 0.1) is 6.10 Å². The highest BCUT2D eigenvalue weighted by atomic mass is 19.3. The van der Waals surface area contributed by atoms with Crippen LogP contribution in [0.25, 0.3) is 0 Å². The Labute approximate surface area is 117 Å². The lowest BCUT2D eigenvalue weighted by atomic mass is 10.0. The van der Waals surface area contributed by atoms with Gasteiger partial charge >= 0.3 is 0 Å². The van der Waals surface area contributed by atoms with Gasteiger partial charge < -0.3 is 5.11 Å². The maximum absolute atomic E-state index is 12.4. The Bertz CT molecular complexity index is 537. The zero-order valence-electron chi connectivity index (χ0n) is 11.3. The fourth-order valence-corrected chi connectivity index (χ4v) is 1.96. The van der Waals surface area contributed by atoms with Crippen LogP contribution in [0.15, 0.2) is 42.6 Å². The number of aryl methyl sites for hydroxylation is 1. The molecule has 0 radical (unpaired) electrons. The smallest absolute Gasteiger partial charge is 0.263 e. The van der Waals surface area contributed by atoms with Gasteiger partial charge in [-0.25, -0.2) is 8.78 Å². The summed E-state index contributed by atoms with van der Waals surface area (Å²) in [5.41, 5.74) is 2.51. The second-order valence-corrected chi connectivity index (χ2v) is 4.70. The van der Waals surface area contributed by atoms with Gasteiger partial charge in [-0.05, 0) is 23.6 Å². The Morgan fingerprint density at radius 2 is 1.70 bits per heavy atom.